The van der Waals surface area contributed by atoms with Crippen molar-refractivity contribution in [3.8, 4) is 11.6 Å². The largest absolute Gasteiger partial charge is 0.493 e. The Bertz CT molecular complexity index is 1100. The molecule has 5 heteroatoms. The Morgan fingerprint density at radius 3 is 2.72 bits per heavy atom. The van der Waals surface area contributed by atoms with Crippen molar-refractivity contribution in [2.45, 2.75) is 13.8 Å². The first-order chi connectivity index (χ1) is 12.0. The molecule has 1 aliphatic heterocycles. The van der Waals surface area contributed by atoms with Crippen LogP contribution in [0.25, 0.3) is 17.3 Å². The van der Waals surface area contributed by atoms with Gasteiger partial charge in [0.2, 0.25) is 5.88 Å². The van der Waals surface area contributed by atoms with Crippen molar-refractivity contribution in [1.29, 1.82) is 0 Å². The Morgan fingerprint density at radius 1 is 1.12 bits per heavy atom. The van der Waals surface area contributed by atoms with E-state index in [9.17, 15) is 9.90 Å². The van der Waals surface area contributed by atoms with Gasteiger partial charge in [-0.1, -0.05) is 24.3 Å². The lowest BCUT2D eigenvalue weighted by Gasteiger charge is -2.07. The van der Waals surface area contributed by atoms with Gasteiger partial charge in [-0.05, 0) is 49.2 Å². The lowest BCUT2D eigenvalue weighted by atomic mass is 10.1. The first-order valence-electron chi connectivity index (χ1n) is 8.01. The summed E-state index contributed by atoms with van der Waals surface area (Å²) in [6.07, 6.45) is 3.37. The van der Waals surface area contributed by atoms with E-state index < -0.39 is 0 Å². The summed E-state index contributed by atoms with van der Waals surface area (Å²) < 4.78 is 1.40. The molecule has 0 amide bonds. The molecule has 2 N–H and O–H groups in total. The minimum Gasteiger partial charge on any atom is -0.493 e. The number of aromatic amines is 1. The Hall–Kier alpha value is -3.34. The van der Waals surface area contributed by atoms with Crippen molar-refractivity contribution in [3.05, 3.63) is 75.1 Å². The smallest absolute Gasteiger partial charge is 0.275 e. The molecule has 2 heterocycles. The Kier molecular flexibility index (Phi) is 3.42. The molecular formula is C20H17N3O2. The monoisotopic (exact) mass is 331 g/mol. The van der Waals surface area contributed by atoms with E-state index in [1.807, 2.05) is 56.3 Å². The second-order valence-electron chi connectivity index (χ2n) is 6.16. The van der Waals surface area contributed by atoms with Crippen molar-refractivity contribution in [1.82, 2.24) is 9.78 Å². The molecule has 0 aliphatic carbocycles. The van der Waals surface area contributed by atoms with Gasteiger partial charge in [-0.25, -0.2) is 4.68 Å². The number of rotatable bonds is 2. The summed E-state index contributed by atoms with van der Waals surface area (Å²) >= 11 is 0. The number of allylic oxidation sites excluding steroid dienone is 1. The third-order valence-corrected chi connectivity index (χ3v) is 4.52. The molecule has 0 bridgehead atoms. The number of aromatic hydroxyl groups is 1. The van der Waals surface area contributed by atoms with Crippen LogP contribution in [-0.2, 0) is 0 Å². The summed E-state index contributed by atoms with van der Waals surface area (Å²) in [5, 5.41) is 13.3. The van der Waals surface area contributed by atoms with Crippen LogP contribution in [0.4, 0.5) is 5.69 Å². The van der Waals surface area contributed by atoms with Crippen LogP contribution in [0.2, 0.25) is 0 Å². The molecule has 4 rings (SSSR count). The summed E-state index contributed by atoms with van der Waals surface area (Å²) in [7, 11) is 0. The first kappa shape index (κ1) is 15.2. The predicted octanol–water partition coefficient (Wildman–Crippen LogP) is 3.74. The van der Waals surface area contributed by atoms with Crippen molar-refractivity contribution in [2.24, 2.45) is 4.99 Å². The highest BCUT2D eigenvalue weighted by molar-refractivity contribution is 6.21. The van der Waals surface area contributed by atoms with Gasteiger partial charge in [-0.15, -0.1) is 0 Å². The van der Waals surface area contributed by atoms with Gasteiger partial charge in [0.1, 0.15) is 5.56 Å². The van der Waals surface area contributed by atoms with Crippen LogP contribution >= 0.6 is 0 Å². The highest BCUT2D eigenvalue weighted by atomic mass is 16.3. The Labute approximate surface area is 144 Å². The van der Waals surface area contributed by atoms with Crippen LogP contribution in [0, 0.1) is 13.8 Å². The minimum absolute atomic E-state index is 0.112. The highest BCUT2D eigenvalue weighted by Gasteiger charge is 2.17. The number of hydrogen-bond acceptors (Lipinski definition) is 3. The number of H-pyrrole nitrogens is 1. The van der Waals surface area contributed by atoms with E-state index >= 15 is 0 Å². The zero-order chi connectivity index (χ0) is 17.6. The zero-order valence-corrected chi connectivity index (χ0v) is 13.9. The predicted molar refractivity (Wildman–Crippen MR) is 100.0 cm³/mol. The Balaban J connectivity index is 1.82. The minimum atomic E-state index is -0.346. The van der Waals surface area contributed by atoms with Crippen LogP contribution in [0.15, 0.2) is 52.3 Å². The van der Waals surface area contributed by atoms with Crippen LogP contribution in [0.1, 0.15) is 22.3 Å². The van der Waals surface area contributed by atoms with Crippen LogP contribution < -0.4 is 5.56 Å². The van der Waals surface area contributed by atoms with Crippen LogP contribution in [-0.4, -0.2) is 21.1 Å². The lowest BCUT2D eigenvalue weighted by Crippen LogP contribution is -2.05. The average molecular weight is 331 g/mol. The standard InChI is InChI=1S/C20H17N3O2/c1-12-7-8-15(9-13(12)2)23-20(25)17(19(24)22-23)10-14-11-21-18-6-4-3-5-16(14)18/h3-11,25H,1-2H3,(H,22,24). The molecule has 25 heavy (non-hydrogen) atoms. The second-order valence-corrected chi connectivity index (χ2v) is 6.16. The number of nitrogens with zero attached hydrogens (tertiary/aromatic N) is 2. The third-order valence-electron chi connectivity index (χ3n) is 4.52. The van der Waals surface area contributed by atoms with Gasteiger partial charge in [-0.3, -0.25) is 14.9 Å². The quantitative estimate of drug-likeness (QED) is 0.751. The number of nitrogens with one attached hydrogen (secondary N) is 1. The van der Waals surface area contributed by atoms with E-state index in [0.717, 1.165) is 28.0 Å². The molecule has 124 valence electrons. The third kappa shape index (κ3) is 2.50. The van der Waals surface area contributed by atoms with E-state index in [2.05, 4.69) is 10.1 Å². The van der Waals surface area contributed by atoms with E-state index in [-0.39, 0.29) is 17.0 Å². The second kappa shape index (κ2) is 5.63. The highest BCUT2D eigenvalue weighted by Crippen LogP contribution is 2.33. The average Bonchev–Trinajstić information content (AvgIpc) is 3.14. The van der Waals surface area contributed by atoms with Crippen molar-refractivity contribution < 1.29 is 5.11 Å². The number of aliphatic imine (C=N–C) groups is 1. The number of aryl methyl sites for hydroxylation is 2. The molecule has 0 saturated heterocycles. The van der Waals surface area contributed by atoms with Gasteiger partial charge in [0.05, 0.1) is 11.4 Å². The number of aromatic nitrogens is 2. The maximum Gasteiger partial charge on any atom is 0.275 e. The molecule has 0 fully saturated rings. The molecule has 5 nitrogen and oxygen atoms in total. The van der Waals surface area contributed by atoms with Gasteiger partial charge in [0, 0.05) is 17.4 Å². The van der Waals surface area contributed by atoms with E-state index in [4.69, 9.17) is 0 Å². The summed E-state index contributed by atoms with van der Waals surface area (Å²) in [5.41, 5.74) is 5.43. The van der Waals surface area contributed by atoms with Crippen molar-refractivity contribution in [3.63, 3.8) is 0 Å². The molecule has 1 aromatic heterocycles. The molecule has 0 saturated carbocycles. The summed E-state index contributed by atoms with van der Waals surface area (Å²) in [5.74, 6) is -0.112. The molecule has 2 aromatic carbocycles. The van der Waals surface area contributed by atoms with Gasteiger partial charge in [0.15, 0.2) is 0 Å². The number of fused-ring (bicyclic) bond motifs is 1. The van der Waals surface area contributed by atoms with E-state index in [0.29, 0.717) is 5.69 Å². The lowest BCUT2D eigenvalue weighted by molar-refractivity contribution is 0.432. The molecule has 0 spiro atoms. The van der Waals surface area contributed by atoms with E-state index in [1.165, 1.54) is 4.68 Å². The summed E-state index contributed by atoms with van der Waals surface area (Å²) in [6.45, 7) is 4.01. The fourth-order valence-electron chi connectivity index (χ4n) is 2.93. The molecule has 1 aliphatic rings. The maximum atomic E-state index is 12.4. The molecule has 3 aromatic rings. The summed E-state index contributed by atoms with van der Waals surface area (Å²) in [4.78, 5) is 16.7. The fraction of sp³-hybridized carbons (Fsp3) is 0.100. The van der Waals surface area contributed by atoms with Crippen LogP contribution in [0.3, 0.4) is 0 Å². The number of hydrogen-bond donors (Lipinski definition) is 2. The normalized spacial score (nSPS) is 14.2. The molecule has 0 atom stereocenters. The van der Waals surface area contributed by atoms with Gasteiger partial charge in [0.25, 0.3) is 5.56 Å². The van der Waals surface area contributed by atoms with Crippen LogP contribution in [0.5, 0.6) is 5.88 Å². The molecule has 0 radical (unpaired) electrons. The van der Waals surface area contributed by atoms with Crippen molar-refractivity contribution >= 4 is 23.6 Å². The van der Waals surface area contributed by atoms with Gasteiger partial charge < -0.3 is 5.11 Å². The SMILES string of the molecule is Cc1ccc(-n2[nH]c(=O)c(C=C3C=Nc4ccccc43)c2O)cc1C. The first-order valence-corrected chi connectivity index (χ1v) is 8.01. The zero-order valence-electron chi connectivity index (χ0n) is 13.9. The summed E-state index contributed by atoms with van der Waals surface area (Å²) in [6, 6.07) is 13.4. The topological polar surface area (TPSA) is 70.4 Å². The maximum absolute atomic E-state index is 12.4. The Morgan fingerprint density at radius 2 is 1.92 bits per heavy atom. The fourth-order valence-corrected chi connectivity index (χ4v) is 2.93. The van der Waals surface area contributed by atoms with E-state index in [1.54, 1.807) is 12.3 Å². The number of para-hydroxylation sites is 1. The van der Waals surface area contributed by atoms with Gasteiger partial charge >= 0.3 is 0 Å². The van der Waals surface area contributed by atoms with Crippen molar-refractivity contribution in [2.75, 3.05) is 0 Å². The number of benzene rings is 2. The molecular weight excluding hydrogens is 314 g/mol. The molecule has 0 unspecified atom stereocenters. The van der Waals surface area contributed by atoms with Gasteiger partial charge in [-0.2, -0.15) is 0 Å².